The first-order chi connectivity index (χ1) is 12.7. The highest BCUT2D eigenvalue weighted by molar-refractivity contribution is 7.99. The molecule has 3 heterocycles. The van der Waals surface area contributed by atoms with E-state index in [0.717, 1.165) is 23.7 Å². The Balaban J connectivity index is 1.67. The Labute approximate surface area is 161 Å². The van der Waals surface area contributed by atoms with Gasteiger partial charge in [-0.3, -0.25) is 9.36 Å². The molecule has 0 atom stereocenters. The Morgan fingerprint density at radius 2 is 2.00 bits per heavy atom. The molecule has 0 aliphatic carbocycles. The monoisotopic (exact) mass is 386 g/mol. The second-order valence-electron chi connectivity index (χ2n) is 6.36. The number of fused-ring (bicyclic) bond motifs is 1. The molecule has 1 amide bonds. The minimum Gasteiger partial charge on any atom is -0.352 e. The molecule has 3 aromatic rings. The molecular formula is C19H19ClN4OS. The summed E-state index contributed by atoms with van der Waals surface area (Å²) in [6.45, 7) is 0.707. The number of benzene rings is 1. The van der Waals surface area contributed by atoms with Crippen LogP contribution in [-0.4, -0.2) is 38.5 Å². The second kappa shape index (κ2) is 7.68. The van der Waals surface area contributed by atoms with Gasteiger partial charge in [0.05, 0.1) is 16.1 Å². The van der Waals surface area contributed by atoms with Crippen molar-refractivity contribution in [3.63, 3.8) is 0 Å². The van der Waals surface area contributed by atoms with Crippen molar-refractivity contribution < 1.29 is 4.79 Å². The van der Waals surface area contributed by atoms with Gasteiger partial charge in [-0.1, -0.05) is 17.7 Å². The van der Waals surface area contributed by atoms with Gasteiger partial charge < -0.3 is 5.32 Å². The summed E-state index contributed by atoms with van der Waals surface area (Å²) >= 11 is 8.41. The predicted molar refractivity (Wildman–Crippen MR) is 106 cm³/mol. The Bertz CT molecular complexity index is 922. The van der Waals surface area contributed by atoms with E-state index in [-0.39, 0.29) is 5.91 Å². The van der Waals surface area contributed by atoms with Crippen LogP contribution in [0.1, 0.15) is 23.2 Å². The van der Waals surface area contributed by atoms with Gasteiger partial charge in [-0.15, -0.1) is 0 Å². The lowest BCUT2D eigenvalue weighted by molar-refractivity contribution is 0.0948. The van der Waals surface area contributed by atoms with Gasteiger partial charge in [0, 0.05) is 30.5 Å². The van der Waals surface area contributed by atoms with Gasteiger partial charge in [0.1, 0.15) is 0 Å². The highest BCUT2D eigenvalue weighted by Crippen LogP contribution is 2.30. The summed E-state index contributed by atoms with van der Waals surface area (Å²) in [6, 6.07) is 7.35. The smallest absolute Gasteiger partial charge is 0.253 e. The van der Waals surface area contributed by atoms with Crippen molar-refractivity contribution in [2.75, 3.05) is 18.1 Å². The molecule has 134 valence electrons. The molecule has 4 rings (SSSR count). The topological polar surface area (TPSA) is 59.8 Å². The molecule has 1 aliphatic heterocycles. The number of nitrogens with zero attached hydrogens (tertiary/aromatic N) is 3. The van der Waals surface area contributed by atoms with Crippen LogP contribution in [0.25, 0.3) is 16.9 Å². The van der Waals surface area contributed by atoms with E-state index in [1.807, 2.05) is 28.5 Å². The van der Waals surface area contributed by atoms with Crippen LogP contribution < -0.4 is 5.32 Å². The number of rotatable bonds is 4. The van der Waals surface area contributed by atoms with Gasteiger partial charge >= 0.3 is 0 Å². The molecule has 5 nitrogen and oxygen atoms in total. The van der Waals surface area contributed by atoms with E-state index >= 15 is 0 Å². The predicted octanol–water partition coefficient (Wildman–Crippen LogP) is 3.95. The quantitative estimate of drug-likeness (QED) is 0.737. The summed E-state index contributed by atoms with van der Waals surface area (Å²) in [5.74, 6) is 3.33. The highest BCUT2D eigenvalue weighted by atomic mass is 35.5. The molecule has 0 saturated carbocycles. The molecule has 1 aliphatic rings. The van der Waals surface area contributed by atoms with Crippen molar-refractivity contribution in [3.05, 3.63) is 53.4 Å². The minimum absolute atomic E-state index is 0.101. The first kappa shape index (κ1) is 17.4. The van der Waals surface area contributed by atoms with Crippen molar-refractivity contribution in [2.45, 2.75) is 12.8 Å². The largest absolute Gasteiger partial charge is 0.352 e. The maximum Gasteiger partial charge on any atom is 0.253 e. The van der Waals surface area contributed by atoms with Crippen LogP contribution in [0.3, 0.4) is 0 Å². The molecule has 0 radical (unpaired) electrons. The van der Waals surface area contributed by atoms with E-state index in [2.05, 4.69) is 15.3 Å². The number of hydrogen-bond donors (Lipinski definition) is 1. The van der Waals surface area contributed by atoms with E-state index in [4.69, 9.17) is 11.6 Å². The zero-order valence-corrected chi connectivity index (χ0v) is 15.8. The molecule has 0 unspecified atom stereocenters. The summed E-state index contributed by atoms with van der Waals surface area (Å²) < 4.78 is 1.81. The Hall–Kier alpha value is -2.05. The first-order valence-corrected chi connectivity index (χ1v) is 10.2. The van der Waals surface area contributed by atoms with Crippen molar-refractivity contribution in [2.24, 2.45) is 5.92 Å². The third kappa shape index (κ3) is 3.44. The van der Waals surface area contributed by atoms with Gasteiger partial charge in [0.2, 0.25) is 5.95 Å². The normalized spacial score (nSPS) is 15.3. The first-order valence-electron chi connectivity index (χ1n) is 8.67. The van der Waals surface area contributed by atoms with Crippen molar-refractivity contribution in [1.29, 1.82) is 0 Å². The van der Waals surface area contributed by atoms with E-state index in [0.29, 0.717) is 29.0 Å². The van der Waals surface area contributed by atoms with E-state index in [1.54, 1.807) is 30.7 Å². The number of nitrogens with one attached hydrogen (secondary N) is 1. The van der Waals surface area contributed by atoms with E-state index < -0.39 is 0 Å². The van der Waals surface area contributed by atoms with Crippen LogP contribution in [0, 0.1) is 5.92 Å². The summed E-state index contributed by atoms with van der Waals surface area (Å²) in [6.07, 6.45) is 7.45. The summed E-state index contributed by atoms with van der Waals surface area (Å²) in [5, 5.41) is 4.38. The molecule has 1 aromatic carbocycles. The molecule has 1 N–H and O–H groups in total. The molecule has 0 spiro atoms. The Morgan fingerprint density at radius 3 is 2.77 bits per heavy atom. The van der Waals surface area contributed by atoms with Crippen LogP contribution in [0.15, 0.2) is 42.9 Å². The molecule has 0 bridgehead atoms. The second-order valence-corrected chi connectivity index (χ2v) is 7.99. The standard InChI is InChI=1S/C19H19ClN4OS/c20-15-3-1-4-16-17(15)14(12-24(16)19-21-7-2-8-22-19)18(25)23-11-13-5-9-26-10-6-13/h1-4,7-8,12-13H,5-6,9-11H2,(H,23,25). The average Bonchev–Trinajstić information content (AvgIpc) is 3.09. The maximum absolute atomic E-state index is 12.9. The zero-order chi connectivity index (χ0) is 17.9. The van der Waals surface area contributed by atoms with E-state index in [9.17, 15) is 4.79 Å². The third-order valence-electron chi connectivity index (χ3n) is 4.68. The lowest BCUT2D eigenvalue weighted by Crippen LogP contribution is -2.30. The molecule has 2 aromatic heterocycles. The lowest BCUT2D eigenvalue weighted by Gasteiger charge is -2.21. The van der Waals surface area contributed by atoms with Crippen molar-refractivity contribution >= 4 is 40.2 Å². The fraction of sp³-hybridized carbons (Fsp3) is 0.316. The van der Waals surface area contributed by atoms with E-state index in [1.165, 1.54) is 11.5 Å². The van der Waals surface area contributed by atoms with Crippen LogP contribution in [0.4, 0.5) is 0 Å². The average molecular weight is 387 g/mol. The third-order valence-corrected chi connectivity index (χ3v) is 6.05. The number of carbonyl (C=O) groups excluding carboxylic acids is 1. The zero-order valence-electron chi connectivity index (χ0n) is 14.2. The fourth-order valence-electron chi connectivity index (χ4n) is 3.28. The maximum atomic E-state index is 12.9. The van der Waals surface area contributed by atoms with Gasteiger partial charge in [0.25, 0.3) is 5.91 Å². The number of amides is 1. The van der Waals surface area contributed by atoms with Gasteiger partial charge in [-0.2, -0.15) is 11.8 Å². The van der Waals surface area contributed by atoms with Crippen LogP contribution in [-0.2, 0) is 0 Å². The van der Waals surface area contributed by atoms with Crippen LogP contribution in [0.2, 0.25) is 5.02 Å². The Kier molecular flexibility index (Phi) is 5.13. The summed E-state index contributed by atoms with van der Waals surface area (Å²) in [4.78, 5) is 21.5. The fourth-order valence-corrected chi connectivity index (χ4v) is 4.75. The Morgan fingerprint density at radius 1 is 1.23 bits per heavy atom. The lowest BCUT2D eigenvalue weighted by atomic mass is 10.0. The van der Waals surface area contributed by atoms with Gasteiger partial charge in [0.15, 0.2) is 0 Å². The van der Waals surface area contributed by atoms with Crippen molar-refractivity contribution in [1.82, 2.24) is 19.9 Å². The van der Waals surface area contributed by atoms with Gasteiger partial charge in [-0.05, 0) is 48.5 Å². The number of carbonyl (C=O) groups is 1. The highest BCUT2D eigenvalue weighted by Gasteiger charge is 2.20. The van der Waals surface area contributed by atoms with Gasteiger partial charge in [-0.25, -0.2) is 9.97 Å². The molecule has 7 heteroatoms. The molecular weight excluding hydrogens is 368 g/mol. The minimum atomic E-state index is -0.101. The number of hydrogen-bond acceptors (Lipinski definition) is 4. The molecule has 1 fully saturated rings. The summed E-state index contributed by atoms with van der Waals surface area (Å²) in [7, 11) is 0. The summed E-state index contributed by atoms with van der Waals surface area (Å²) in [5.41, 5.74) is 1.38. The number of halogens is 1. The number of thioether (sulfide) groups is 1. The molecule has 26 heavy (non-hydrogen) atoms. The SMILES string of the molecule is O=C(NCC1CCSCC1)c1cn(-c2ncccn2)c2cccc(Cl)c12. The van der Waals surface area contributed by atoms with Crippen molar-refractivity contribution in [3.8, 4) is 5.95 Å². The molecule has 1 saturated heterocycles. The van der Waals surface area contributed by atoms with Crippen LogP contribution >= 0.6 is 23.4 Å². The number of aromatic nitrogens is 3. The van der Waals surface area contributed by atoms with Crippen LogP contribution in [0.5, 0.6) is 0 Å².